The average Bonchev–Trinajstić information content (AvgIpc) is 2.82. The van der Waals surface area contributed by atoms with Crippen LogP contribution in [0.1, 0.15) is 21.1 Å². The fourth-order valence-electron chi connectivity index (χ4n) is 2.16. The summed E-state index contributed by atoms with van der Waals surface area (Å²) in [7, 11) is 1.73. The van der Waals surface area contributed by atoms with Crippen molar-refractivity contribution < 1.29 is 4.39 Å². The van der Waals surface area contributed by atoms with Crippen molar-refractivity contribution in [3.63, 3.8) is 0 Å². The van der Waals surface area contributed by atoms with Crippen LogP contribution in [0.2, 0.25) is 5.02 Å². The molecular weight excluding hydrogens is 335 g/mol. The topological polar surface area (TPSA) is 49.3 Å². The number of nitrogens with zero attached hydrogens (tertiary/aromatic N) is 2. The van der Waals surface area contributed by atoms with Crippen molar-refractivity contribution in [2.24, 2.45) is 4.99 Å². The van der Waals surface area contributed by atoms with Crippen molar-refractivity contribution in [1.29, 1.82) is 0 Å². The predicted octanol–water partition coefficient (Wildman–Crippen LogP) is 3.46. The molecule has 0 spiro atoms. The Morgan fingerprint density at radius 3 is 2.74 bits per heavy atom. The standard InChI is InChI=1S/C16H20ClFN4S/c1-10-15(23-11(2)22-10)9-21-16(19-3)20-7-6-12-4-5-13(18)8-14(12)17/h4-5,8H,6-7,9H2,1-3H3,(H2,19,20,21). The maximum absolute atomic E-state index is 13.0. The normalized spacial score (nSPS) is 11.6. The van der Waals surface area contributed by atoms with E-state index >= 15 is 0 Å². The van der Waals surface area contributed by atoms with Crippen molar-refractivity contribution in [3.8, 4) is 0 Å². The van der Waals surface area contributed by atoms with E-state index < -0.39 is 0 Å². The van der Waals surface area contributed by atoms with Gasteiger partial charge in [-0.25, -0.2) is 9.37 Å². The summed E-state index contributed by atoms with van der Waals surface area (Å²) in [4.78, 5) is 9.80. The lowest BCUT2D eigenvalue weighted by molar-refractivity contribution is 0.627. The second-order valence-corrected chi connectivity index (χ2v) is 6.77. The molecule has 2 rings (SSSR count). The van der Waals surface area contributed by atoms with Crippen LogP contribution in [0.4, 0.5) is 4.39 Å². The van der Waals surface area contributed by atoms with Crippen LogP contribution in [0.25, 0.3) is 0 Å². The Kier molecular flexibility index (Phi) is 6.36. The van der Waals surface area contributed by atoms with Gasteiger partial charge in [-0.15, -0.1) is 11.3 Å². The van der Waals surface area contributed by atoms with Crippen LogP contribution < -0.4 is 10.6 Å². The number of rotatable bonds is 5. The molecule has 1 aromatic carbocycles. The van der Waals surface area contributed by atoms with Gasteiger partial charge in [0.25, 0.3) is 0 Å². The molecule has 4 nitrogen and oxygen atoms in total. The molecule has 7 heteroatoms. The van der Waals surface area contributed by atoms with E-state index in [-0.39, 0.29) is 5.82 Å². The molecule has 2 aromatic rings. The van der Waals surface area contributed by atoms with Crippen molar-refractivity contribution in [2.75, 3.05) is 13.6 Å². The van der Waals surface area contributed by atoms with Gasteiger partial charge >= 0.3 is 0 Å². The molecule has 0 fully saturated rings. The highest BCUT2D eigenvalue weighted by molar-refractivity contribution is 7.11. The monoisotopic (exact) mass is 354 g/mol. The average molecular weight is 355 g/mol. The molecule has 0 saturated carbocycles. The summed E-state index contributed by atoms with van der Waals surface area (Å²) in [5.74, 6) is 0.396. The van der Waals surface area contributed by atoms with Gasteiger partial charge in [0.2, 0.25) is 0 Å². The molecule has 0 aliphatic heterocycles. The lowest BCUT2D eigenvalue weighted by Gasteiger charge is -2.12. The molecule has 0 bridgehead atoms. The fourth-order valence-corrected chi connectivity index (χ4v) is 3.30. The Balaban J connectivity index is 1.82. The minimum Gasteiger partial charge on any atom is -0.356 e. The summed E-state index contributed by atoms with van der Waals surface area (Å²) in [6.07, 6.45) is 0.693. The van der Waals surface area contributed by atoms with Crippen molar-refractivity contribution >= 4 is 28.9 Å². The number of hydrogen-bond acceptors (Lipinski definition) is 3. The molecule has 0 saturated heterocycles. The van der Waals surface area contributed by atoms with Crippen molar-refractivity contribution in [3.05, 3.63) is 50.2 Å². The SMILES string of the molecule is CN=C(NCCc1ccc(F)cc1Cl)NCc1sc(C)nc1C. The number of thiazole rings is 1. The van der Waals surface area contributed by atoms with E-state index in [2.05, 4.69) is 20.6 Å². The van der Waals surface area contributed by atoms with Gasteiger partial charge < -0.3 is 10.6 Å². The first-order valence-electron chi connectivity index (χ1n) is 7.31. The first kappa shape index (κ1) is 17.7. The predicted molar refractivity (Wildman–Crippen MR) is 94.9 cm³/mol. The Labute approximate surface area is 144 Å². The van der Waals surface area contributed by atoms with E-state index in [0.717, 1.165) is 16.3 Å². The molecular formula is C16H20ClFN4S. The number of hydrogen-bond donors (Lipinski definition) is 2. The summed E-state index contributed by atoms with van der Waals surface area (Å²) in [6.45, 7) is 5.36. The van der Waals surface area contributed by atoms with Crippen LogP contribution >= 0.6 is 22.9 Å². The molecule has 0 unspecified atom stereocenters. The Bertz CT molecular complexity index is 699. The van der Waals surface area contributed by atoms with Crippen LogP contribution in [0.5, 0.6) is 0 Å². The van der Waals surface area contributed by atoms with Crippen LogP contribution in [-0.2, 0) is 13.0 Å². The Morgan fingerprint density at radius 2 is 2.13 bits per heavy atom. The highest BCUT2D eigenvalue weighted by Crippen LogP contribution is 2.18. The summed E-state index contributed by atoms with van der Waals surface area (Å²) < 4.78 is 13.0. The largest absolute Gasteiger partial charge is 0.356 e. The maximum Gasteiger partial charge on any atom is 0.191 e. The second kappa shape index (κ2) is 8.26. The summed E-state index contributed by atoms with van der Waals surface area (Å²) in [6, 6.07) is 4.46. The van der Waals surface area contributed by atoms with Gasteiger partial charge in [0.05, 0.1) is 17.2 Å². The smallest absolute Gasteiger partial charge is 0.191 e. The number of nitrogens with one attached hydrogen (secondary N) is 2. The van der Waals surface area contributed by atoms with Crippen LogP contribution in [0, 0.1) is 19.7 Å². The minimum atomic E-state index is -0.320. The van der Waals surface area contributed by atoms with Crippen molar-refractivity contribution in [2.45, 2.75) is 26.8 Å². The lowest BCUT2D eigenvalue weighted by atomic mass is 10.1. The Morgan fingerprint density at radius 1 is 1.35 bits per heavy atom. The molecule has 0 aliphatic rings. The number of aromatic nitrogens is 1. The van der Waals surface area contributed by atoms with Gasteiger partial charge in [0.1, 0.15) is 5.82 Å². The quantitative estimate of drug-likeness (QED) is 0.638. The number of aryl methyl sites for hydroxylation is 2. The lowest BCUT2D eigenvalue weighted by Crippen LogP contribution is -2.37. The first-order valence-corrected chi connectivity index (χ1v) is 8.50. The first-order chi connectivity index (χ1) is 11.0. The van der Waals surface area contributed by atoms with Crippen LogP contribution in [0.3, 0.4) is 0 Å². The third-order valence-corrected chi connectivity index (χ3v) is 4.77. The molecule has 1 aromatic heterocycles. The number of guanidine groups is 1. The van der Waals surface area contributed by atoms with Gasteiger partial charge in [-0.05, 0) is 38.0 Å². The van der Waals surface area contributed by atoms with Gasteiger partial charge in [0, 0.05) is 23.5 Å². The minimum absolute atomic E-state index is 0.320. The van der Waals surface area contributed by atoms with E-state index in [0.29, 0.717) is 30.5 Å². The highest BCUT2D eigenvalue weighted by atomic mass is 35.5. The maximum atomic E-state index is 13.0. The molecule has 0 aliphatic carbocycles. The van der Waals surface area contributed by atoms with E-state index in [1.54, 1.807) is 24.5 Å². The number of benzene rings is 1. The third-order valence-electron chi connectivity index (χ3n) is 3.34. The van der Waals surface area contributed by atoms with E-state index in [1.165, 1.54) is 17.0 Å². The summed E-state index contributed by atoms with van der Waals surface area (Å²) in [5.41, 5.74) is 1.96. The van der Waals surface area contributed by atoms with Gasteiger partial charge in [-0.1, -0.05) is 17.7 Å². The molecule has 2 N–H and O–H groups in total. The van der Waals surface area contributed by atoms with Gasteiger partial charge in [-0.3, -0.25) is 4.99 Å². The highest BCUT2D eigenvalue weighted by Gasteiger charge is 2.06. The van der Waals surface area contributed by atoms with E-state index in [4.69, 9.17) is 11.6 Å². The van der Waals surface area contributed by atoms with E-state index in [9.17, 15) is 4.39 Å². The third kappa shape index (κ3) is 5.18. The van der Waals surface area contributed by atoms with Gasteiger partial charge in [0.15, 0.2) is 5.96 Å². The van der Waals surface area contributed by atoms with Crippen LogP contribution in [0.15, 0.2) is 23.2 Å². The van der Waals surface area contributed by atoms with Gasteiger partial charge in [-0.2, -0.15) is 0 Å². The van der Waals surface area contributed by atoms with Crippen molar-refractivity contribution in [1.82, 2.24) is 15.6 Å². The zero-order valence-electron chi connectivity index (χ0n) is 13.4. The zero-order valence-corrected chi connectivity index (χ0v) is 15.0. The molecule has 0 atom stereocenters. The number of halogens is 2. The van der Waals surface area contributed by atoms with E-state index in [1.807, 2.05) is 13.8 Å². The molecule has 0 radical (unpaired) electrons. The molecule has 23 heavy (non-hydrogen) atoms. The summed E-state index contributed by atoms with van der Waals surface area (Å²) >= 11 is 7.70. The second-order valence-electron chi connectivity index (χ2n) is 5.08. The number of aliphatic imine (C=N–C) groups is 1. The zero-order chi connectivity index (χ0) is 16.8. The molecule has 124 valence electrons. The molecule has 0 amide bonds. The Hall–Kier alpha value is -1.66. The molecule has 1 heterocycles. The van der Waals surface area contributed by atoms with Crippen LogP contribution in [-0.4, -0.2) is 24.5 Å². The fraction of sp³-hybridized carbons (Fsp3) is 0.375. The summed E-state index contributed by atoms with van der Waals surface area (Å²) in [5, 5.41) is 8.01.